The summed E-state index contributed by atoms with van der Waals surface area (Å²) in [7, 11) is 0. The zero-order valence-electron chi connectivity index (χ0n) is 12.9. The molecule has 1 N–H and O–H groups in total. The summed E-state index contributed by atoms with van der Waals surface area (Å²) in [4.78, 5) is 18.8. The van der Waals surface area contributed by atoms with E-state index in [9.17, 15) is 4.79 Å². The van der Waals surface area contributed by atoms with Gasteiger partial charge in [0.1, 0.15) is 5.82 Å². The SMILES string of the molecule is CC1CC(C)CN(C(=O)c2ccnc(NC(C)C)c2)C1. The lowest BCUT2D eigenvalue weighted by atomic mass is 9.91. The van der Waals surface area contributed by atoms with Crippen LogP contribution in [0.25, 0.3) is 0 Å². The Kier molecular flexibility index (Phi) is 4.63. The molecule has 2 heterocycles. The first kappa shape index (κ1) is 14.8. The molecule has 1 amide bonds. The van der Waals surface area contributed by atoms with Crippen molar-refractivity contribution in [2.75, 3.05) is 18.4 Å². The third-order valence-corrected chi connectivity index (χ3v) is 3.60. The van der Waals surface area contributed by atoms with Gasteiger partial charge < -0.3 is 10.2 Å². The number of aromatic nitrogens is 1. The highest BCUT2D eigenvalue weighted by Crippen LogP contribution is 2.22. The van der Waals surface area contributed by atoms with Crippen LogP contribution in [0.15, 0.2) is 18.3 Å². The van der Waals surface area contributed by atoms with Crippen LogP contribution in [-0.4, -0.2) is 34.9 Å². The van der Waals surface area contributed by atoms with Crippen molar-refractivity contribution >= 4 is 11.7 Å². The van der Waals surface area contributed by atoms with Gasteiger partial charge in [0.05, 0.1) is 0 Å². The van der Waals surface area contributed by atoms with Crippen molar-refractivity contribution in [3.8, 4) is 0 Å². The van der Waals surface area contributed by atoms with Crippen molar-refractivity contribution in [1.82, 2.24) is 9.88 Å². The number of nitrogens with zero attached hydrogens (tertiary/aromatic N) is 2. The molecule has 4 heteroatoms. The van der Waals surface area contributed by atoms with Crippen LogP contribution in [0.5, 0.6) is 0 Å². The number of pyridine rings is 1. The number of rotatable bonds is 3. The second-order valence-electron chi connectivity index (χ2n) is 6.38. The number of piperidine rings is 1. The largest absolute Gasteiger partial charge is 0.368 e. The summed E-state index contributed by atoms with van der Waals surface area (Å²) >= 11 is 0. The fourth-order valence-corrected chi connectivity index (χ4v) is 2.95. The van der Waals surface area contributed by atoms with Crippen LogP contribution < -0.4 is 5.32 Å². The smallest absolute Gasteiger partial charge is 0.254 e. The van der Waals surface area contributed by atoms with E-state index >= 15 is 0 Å². The van der Waals surface area contributed by atoms with Crippen molar-refractivity contribution in [1.29, 1.82) is 0 Å². The molecular weight excluding hydrogens is 250 g/mol. The van der Waals surface area contributed by atoms with Crippen LogP contribution in [0.2, 0.25) is 0 Å². The molecule has 0 bridgehead atoms. The number of amides is 1. The molecular formula is C16H25N3O. The predicted molar refractivity (Wildman–Crippen MR) is 81.8 cm³/mol. The van der Waals surface area contributed by atoms with E-state index in [4.69, 9.17) is 0 Å². The lowest BCUT2D eigenvalue weighted by Gasteiger charge is -2.35. The molecule has 20 heavy (non-hydrogen) atoms. The lowest BCUT2D eigenvalue weighted by molar-refractivity contribution is 0.0623. The van der Waals surface area contributed by atoms with Gasteiger partial charge in [-0.3, -0.25) is 4.79 Å². The van der Waals surface area contributed by atoms with Crippen molar-refractivity contribution < 1.29 is 4.79 Å². The van der Waals surface area contributed by atoms with Gasteiger partial charge in [-0.25, -0.2) is 4.98 Å². The third kappa shape index (κ3) is 3.71. The molecule has 0 saturated carbocycles. The number of likely N-dealkylation sites (tertiary alicyclic amines) is 1. The first-order chi connectivity index (χ1) is 9.45. The maximum absolute atomic E-state index is 12.6. The second-order valence-corrected chi connectivity index (χ2v) is 6.38. The van der Waals surface area contributed by atoms with Crippen LogP contribution in [-0.2, 0) is 0 Å². The van der Waals surface area contributed by atoms with E-state index in [1.54, 1.807) is 12.3 Å². The van der Waals surface area contributed by atoms with Crippen LogP contribution in [0.4, 0.5) is 5.82 Å². The molecule has 1 fully saturated rings. The Bertz CT molecular complexity index is 463. The molecule has 0 aromatic carbocycles. The summed E-state index contributed by atoms with van der Waals surface area (Å²) < 4.78 is 0. The Morgan fingerprint density at radius 2 is 2.00 bits per heavy atom. The molecule has 0 aliphatic carbocycles. The third-order valence-electron chi connectivity index (χ3n) is 3.60. The fourth-order valence-electron chi connectivity index (χ4n) is 2.95. The first-order valence-corrected chi connectivity index (χ1v) is 7.47. The minimum absolute atomic E-state index is 0.123. The summed E-state index contributed by atoms with van der Waals surface area (Å²) in [6.45, 7) is 10.3. The van der Waals surface area contributed by atoms with Gasteiger partial charge in [0.2, 0.25) is 0 Å². The number of nitrogens with one attached hydrogen (secondary N) is 1. The van der Waals surface area contributed by atoms with Crippen LogP contribution in [0, 0.1) is 11.8 Å². The lowest BCUT2D eigenvalue weighted by Crippen LogP contribution is -2.42. The summed E-state index contributed by atoms with van der Waals surface area (Å²) in [6, 6.07) is 3.97. The van der Waals surface area contributed by atoms with E-state index in [0.29, 0.717) is 17.9 Å². The van der Waals surface area contributed by atoms with Gasteiger partial charge in [-0.2, -0.15) is 0 Å². The predicted octanol–water partition coefficient (Wildman–Crippen LogP) is 3.02. The molecule has 0 radical (unpaired) electrons. The van der Waals surface area contributed by atoms with Crippen molar-refractivity contribution in [3.63, 3.8) is 0 Å². The minimum Gasteiger partial charge on any atom is -0.368 e. The van der Waals surface area contributed by atoms with Gasteiger partial charge in [-0.15, -0.1) is 0 Å². The topological polar surface area (TPSA) is 45.2 Å². The molecule has 110 valence electrons. The van der Waals surface area contributed by atoms with Gasteiger partial charge in [-0.1, -0.05) is 13.8 Å². The number of carbonyl (C=O) groups excluding carboxylic acids is 1. The van der Waals surface area contributed by atoms with Gasteiger partial charge in [0, 0.05) is 30.9 Å². The quantitative estimate of drug-likeness (QED) is 0.922. The van der Waals surface area contributed by atoms with E-state index in [2.05, 4.69) is 38.0 Å². The molecule has 1 aliphatic heterocycles. The minimum atomic E-state index is 0.123. The summed E-state index contributed by atoms with van der Waals surface area (Å²) in [5, 5.41) is 3.24. The highest BCUT2D eigenvalue weighted by atomic mass is 16.2. The molecule has 1 aliphatic rings. The average molecular weight is 275 g/mol. The highest BCUT2D eigenvalue weighted by molar-refractivity contribution is 5.94. The zero-order valence-corrected chi connectivity index (χ0v) is 12.9. The molecule has 1 aromatic heterocycles. The zero-order chi connectivity index (χ0) is 14.7. The van der Waals surface area contributed by atoms with E-state index in [1.165, 1.54) is 6.42 Å². The normalized spacial score (nSPS) is 22.9. The molecule has 2 rings (SSSR count). The Balaban J connectivity index is 2.12. The van der Waals surface area contributed by atoms with Gasteiger partial charge in [0.15, 0.2) is 0 Å². The van der Waals surface area contributed by atoms with Crippen LogP contribution >= 0.6 is 0 Å². The van der Waals surface area contributed by atoms with Crippen LogP contribution in [0.1, 0.15) is 44.5 Å². The Hall–Kier alpha value is -1.58. The van der Waals surface area contributed by atoms with E-state index in [0.717, 1.165) is 24.5 Å². The van der Waals surface area contributed by atoms with Crippen molar-refractivity contribution in [3.05, 3.63) is 23.9 Å². The maximum atomic E-state index is 12.6. The monoisotopic (exact) mass is 275 g/mol. The summed E-state index contributed by atoms with van der Waals surface area (Å²) in [5.41, 5.74) is 0.726. The van der Waals surface area contributed by atoms with Gasteiger partial charge in [0.25, 0.3) is 5.91 Å². The summed E-state index contributed by atoms with van der Waals surface area (Å²) in [6.07, 6.45) is 2.91. The summed E-state index contributed by atoms with van der Waals surface area (Å²) in [5.74, 6) is 2.05. The number of anilines is 1. The second kappa shape index (κ2) is 6.25. The number of hydrogen-bond donors (Lipinski definition) is 1. The molecule has 2 unspecified atom stereocenters. The standard InChI is InChI=1S/C16H25N3O/c1-11(2)18-15-8-14(5-6-17-15)16(20)19-9-12(3)7-13(4)10-19/h5-6,8,11-13H,7,9-10H2,1-4H3,(H,17,18). The van der Waals surface area contributed by atoms with Crippen molar-refractivity contribution in [2.24, 2.45) is 11.8 Å². The Morgan fingerprint density at radius 3 is 2.60 bits per heavy atom. The highest BCUT2D eigenvalue weighted by Gasteiger charge is 2.26. The Morgan fingerprint density at radius 1 is 1.35 bits per heavy atom. The van der Waals surface area contributed by atoms with E-state index < -0.39 is 0 Å². The molecule has 2 atom stereocenters. The molecule has 1 aromatic rings. The van der Waals surface area contributed by atoms with Gasteiger partial charge >= 0.3 is 0 Å². The maximum Gasteiger partial charge on any atom is 0.254 e. The number of carbonyl (C=O) groups is 1. The number of hydrogen-bond acceptors (Lipinski definition) is 3. The van der Waals surface area contributed by atoms with Crippen LogP contribution in [0.3, 0.4) is 0 Å². The first-order valence-electron chi connectivity index (χ1n) is 7.47. The fraction of sp³-hybridized carbons (Fsp3) is 0.625. The molecule has 4 nitrogen and oxygen atoms in total. The molecule has 1 saturated heterocycles. The average Bonchev–Trinajstić information content (AvgIpc) is 2.36. The van der Waals surface area contributed by atoms with E-state index in [1.807, 2.05) is 11.0 Å². The Labute approximate surface area is 121 Å². The van der Waals surface area contributed by atoms with Gasteiger partial charge in [-0.05, 0) is 44.2 Å². The van der Waals surface area contributed by atoms with E-state index in [-0.39, 0.29) is 5.91 Å². The van der Waals surface area contributed by atoms with Crippen molar-refractivity contribution in [2.45, 2.75) is 40.2 Å². The molecule has 0 spiro atoms.